The van der Waals surface area contributed by atoms with Crippen LogP contribution in [-0.4, -0.2) is 23.2 Å². The maximum absolute atomic E-state index is 11.9. The molecule has 1 spiro atoms. The summed E-state index contributed by atoms with van der Waals surface area (Å²) >= 11 is 6.26. The van der Waals surface area contributed by atoms with Crippen molar-refractivity contribution in [1.29, 1.82) is 0 Å². The third-order valence-corrected chi connectivity index (χ3v) is 4.23. The van der Waals surface area contributed by atoms with Crippen molar-refractivity contribution in [3.05, 3.63) is 0 Å². The summed E-state index contributed by atoms with van der Waals surface area (Å²) in [4.78, 5) is 22.4. The molecule has 4 heteroatoms. The number of alkyl halides is 1. The van der Waals surface area contributed by atoms with Gasteiger partial charge in [0.1, 0.15) is 0 Å². The van der Waals surface area contributed by atoms with Crippen LogP contribution in [0, 0.1) is 5.41 Å². The van der Waals surface area contributed by atoms with E-state index in [1.165, 1.54) is 0 Å². The van der Waals surface area contributed by atoms with Crippen molar-refractivity contribution in [2.75, 3.05) is 6.61 Å². The van der Waals surface area contributed by atoms with Crippen LogP contribution in [0.4, 0.5) is 0 Å². The molecule has 2 rings (SSSR count). The van der Waals surface area contributed by atoms with Crippen molar-refractivity contribution in [1.82, 2.24) is 0 Å². The summed E-state index contributed by atoms with van der Waals surface area (Å²) in [6.45, 7) is 2.00. The molecule has 0 heterocycles. The molecule has 3 nitrogen and oxygen atoms in total. The smallest absolute Gasteiger partial charge is 0.334 e. The van der Waals surface area contributed by atoms with Gasteiger partial charge in [-0.05, 0) is 44.4 Å². The lowest BCUT2D eigenvalue weighted by Gasteiger charge is -2.24. The first-order valence-electron chi connectivity index (χ1n) is 5.92. The van der Waals surface area contributed by atoms with Crippen LogP contribution in [0.2, 0.25) is 0 Å². The number of hydrogen-bond donors (Lipinski definition) is 0. The van der Waals surface area contributed by atoms with Crippen molar-refractivity contribution in [3.8, 4) is 0 Å². The van der Waals surface area contributed by atoms with Gasteiger partial charge in [-0.3, -0.25) is 4.79 Å². The van der Waals surface area contributed by atoms with Gasteiger partial charge in [0.15, 0.2) is 10.7 Å². The number of rotatable bonds is 2. The molecule has 0 aromatic carbocycles. The molecule has 0 aromatic rings. The highest BCUT2D eigenvalue weighted by Gasteiger charge is 2.56. The molecule has 0 N–H and O–H groups in total. The molecule has 0 amide bonds. The van der Waals surface area contributed by atoms with Gasteiger partial charge < -0.3 is 4.74 Å². The van der Waals surface area contributed by atoms with E-state index >= 15 is 0 Å². The highest BCUT2D eigenvalue weighted by molar-refractivity contribution is 6.45. The molecule has 0 saturated heterocycles. The van der Waals surface area contributed by atoms with E-state index in [-0.39, 0.29) is 17.8 Å². The molecule has 0 aromatic heterocycles. The average Bonchev–Trinajstić information content (AvgIpc) is 2.98. The molecule has 1 unspecified atom stereocenters. The van der Waals surface area contributed by atoms with Crippen LogP contribution in [0.3, 0.4) is 0 Å². The Labute approximate surface area is 100 Å². The lowest BCUT2D eigenvalue weighted by atomic mass is 9.89. The number of esters is 1. The lowest BCUT2D eigenvalue weighted by molar-refractivity contribution is -0.150. The Hall–Kier alpha value is -0.570. The summed E-state index contributed by atoms with van der Waals surface area (Å²) in [5.74, 6) is -0.703. The Morgan fingerprint density at radius 1 is 1.44 bits per heavy atom. The van der Waals surface area contributed by atoms with Crippen molar-refractivity contribution < 1.29 is 14.3 Å². The van der Waals surface area contributed by atoms with Gasteiger partial charge in [-0.15, -0.1) is 0 Å². The summed E-state index contributed by atoms with van der Waals surface area (Å²) in [7, 11) is 0. The van der Waals surface area contributed by atoms with Crippen LogP contribution in [0.1, 0.15) is 45.4 Å². The molecule has 16 heavy (non-hydrogen) atoms. The number of ether oxygens (including phenoxy) is 1. The summed E-state index contributed by atoms with van der Waals surface area (Å²) in [5, 5.41) is 0. The zero-order valence-corrected chi connectivity index (χ0v) is 10.3. The second kappa shape index (κ2) is 4.02. The topological polar surface area (TPSA) is 43.4 Å². The van der Waals surface area contributed by atoms with Gasteiger partial charge in [-0.25, -0.2) is 4.79 Å². The van der Waals surface area contributed by atoms with Crippen LogP contribution in [-0.2, 0) is 14.3 Å². The predicted octanol–water partition coefficient (Wildman–Crippen LogP) is 2.45. The Kier molecular flexibility index (Phi) is 2.99. The largest absolute Gasteiger partial charge is 0.464 e. The maximum atomic E-state index is 11.9. The zero-order chi connectivity index (χ0) is 11.8. The fourth-order valence-corrected chi connectivity index (χ4v) is 2.99. The van der Waals surface area contributed by atoms with E-state index in [2.05, 4.69) is 0 Å². The van der Waals surface area contributed by atoms with Gasteiger partial charge in [0.25, 0.3) is 0 Å². The lowest BCUT2D eigenvalue weighted by Crippen LogP contribution is -2.43. The molecule has 0 aliphatic heterocycles. The fourth-order valence-electron chi connectivity index (χ4n) is 2.56. The van der Waals surface area contributed by atoms with Gasteiger partial charge in [0.2, 0.25) is 0 Å². The highest BCUT2D eigenvalue weighted by Crippen LogP contribution is 2.58. The molecule has 0 radical (unpaired) electrons. The molecular weight excluding hydrogens is 228 g/mol. The maximum Gasteiger partial charge on any atom is 0.334 e. The Bertz CT molecular complexity index is 322. The number of hydrogen-bond acceptors (Lipinski definition) is 3. The van der Waals surface area contributed by atoms with Crippen LogP contribution in [0.5, 0.6) is 0 Å². The van der Waals surface area contributed by atoms with Crippen LogP contribution >= 0.6 is 11.6 Å². The minimum Gasteiger partial charge on any atom is -0.464 e. The van der Waals surface area contributed by atoms with Gasteiger partial charge >= 0.3 is 5.97 Å². The average molecular weight is 245 g/mol. The first-order chi connectivity index (χ1) is 7.52. The highest BCUT2D eigenvalue weighted by atomic mass is 35.5. The predicted molar refractivity (Wildman–Crippen MR) is 60.4 cm³/mol. The van der Waals surface area contributed by atoms with E-state index in [0.29, 0.717) is 12.8 Å². The third kappa shape index (κ3) is 1.97. The first-order valence-corrected chi connectivity index (χ1v) is 6.30. The Balaban J connectivity index is 2.20. The quantitative estimate of drug-likeness (QED) is 0.426. The molecule has 2 saturated carbocycles. The molecule has 2 aliphatic carbocycles. The summed E-state index contributed by atoms with van der Waals surface area (Å²) in [5.41, 5.74) is 0.153. The summed E-state index contributed by atoms with van der Waals surface area (Å²) < 4.78 is 4.94. The third-order valence-electron chi connectivity index (χ3n) is 3.73. The molecule has 0 bridgehead atoms. The van der Waals surface area contributed by atoms with Crippen LogP contribution in [0.15, 0.2) is 0 Å². The number of Topliss-reactive ketones (excluding diaryl/α,β-unsaturated/α-hetero) is 1. The van der Waals surface area contributed by atoms with Crippen LogP contribution in [0.25, 0.3) is 0 Å². The van der Waals surface area contributed by atoms with E-state index in [4.69, 9.17) is 16.3 Å². The number of ketones is 1. The molecule has 90 valence electrons. The van der Waals surface area contributed by atoms with Gasteiger partial charge in [-0.1, -0.05) is 11.6 Å². The van der Waals surface area contributed by atoms with Crippen molar-refractivity contribution in [2.45, 2.75) is 50.3 Å². The number of halogens is 1. The molecular formula is C12H17ClO3. The summed E-state index contributed by atoms with van der Waals surface area (Å²) in [6.07, 6.45) is 4.94. The zero-order valence-electron chi connectivity index (χ0n) is 9.55. The minimum atomic E-state index is -1.40. The van der Waals surface area contributed by atoms with E-state index in [9.17, 15) is 9.59 Å². The number of carbonyl (C=O) groups excluding carboxylic acids is 2. The monoisotopic (exact) mass is 244 g/mol. The molecule has 1 atom stereocenters. The Morgan fingerprint density at radius 2 is 2.12 bits per heavy atom. The standard InChI is InChI=1S/C12H17ClO3/c1-2-16-10(15)12(13)8-11(6-7-11)5-3-4-9(12)14/h2-8H2,1H3. The normalized spacial score (nSPS) is 32.2. The van der Waals surface area contributed by atoms with E-state index in [1.807, 2.05) is 0 Å². The van der Waals surface area contributed by atoms with E-state index in [1.54, 1.807) is 6.92 Å². The van der Waals surface area contributed by atoms with Crippen molar-refractivity contribution in [2.24, 2.45) is 5.41 Å². The minimum absolute atomic E-state index is 0.153. The fraction of sp³-hybridized carbons (Fsp3) is 0.833. The van der Waals surface area contributed by atoms with E-state index in [0.717, 1.165) is 25.7 Å². The molecule has 2 fully saturated rings. The van der Waals surface area contributed by atoms with Crippen molar-refractivity contribution >= 4 is 23.4 Å². The molecule has 2 aliphatic rings. The van der Waals surface area contributed by atoms with Crippen molar-refractivity contribution in [3.63, 3.8) is 0 Å². The van der Waals surface area contributed by atoms with E-state index < -0.39 is 10.8 Å². The van der Waals surface area contributed by atoms with Gasteiger partial charge in [0, 0.05) is 6.42 Å². The first kappa shape index (κ1) is 11.9. The van der Waals surface area contributed by atoms with Gasteiger partial charge in [0.05, 0.1) is 6.61 Å². The SMILES string of the molecule is CCOC(=O)C1(Cl)CC2(CCCC1=O)CC2. The number of carbonyl (C=O) groups is 2. The second-order valence-electron chi connectivity index (χ2n) is 4.98. The summed E-state index contributed by atoms with van der Waals surface area (Å²) in [6, 6.07) is 0. The second-order valence-corrected chi connectivity index (χ2v) is 5.62. The van der Waals surface area contributed by atoms with Crippen LogP contribution < -0.4 is 0 Å². The van der Waals surface area contributed by atoms with Gasteiger partial charge in [-0.2, -0.15) is 0 Å². The Morgan fingerprint density at radius 3 is 2.69 bits per heavy atom.